The van der Waals surface area contributed by atoms with E-state index in [0.717, 1.165) is 0 Å². The summed E-state index contributed by atoms with van der Waals surface area (Å²) < 4.78 is 20.3. The van der Waals surface area contributed by atoms with Crippen LogP contribution < -0.4 is 0 Å². The van der Waals surface area contributed by atoms with Crippen molar-refractivity contribution in [1.82, 2.24) is 0 Å². The van der Waals surface area contributed by atoms with Crippen LogP contribution in [0.3, 0.4) is 0 Å². The molecule has 2 aliphatic rings. The van der Waals surface area contributed by atoms with Gasteiger partial charge in [-0.25, -0.2) is 0 Å². The maximum absolute atomic E-state index is 8.72. The second-order valence-corrected chi connectivity index (χ2v) is 4.82. The first-order valence-corrected chi connectivity index (χ1v) is 6.83. The van der Waals surface area contributed by atoms with Gasteiger partial charge in [-0.2, -0.15) is 0 Å². The molecular formula is C6H12O8P2. The van der Waals surface area contributed by atoms with Crippen molar-refractivity contribution in [2.75, 3.05) is 13.2 Å². The van der Waals surface area contributed by atoms with Crippen molar-refractivity contribution in [2.24, 2.45) is 0 Å². The summed E-state index contributed by atoms with van der Waals surface area (Å²) in [5, 5.41) is 0. The second kappa shape index (κ2) is 5.46. The van der Waals surface area contributed by atoms with Crippen molar-refractivity contribution in [2.45, 2.75) is 24.4 Å². The highest BCUT2D eigenvalue weighted by molar-refractivity contribution is 7.39. The summed E-state index contributed by atoms with van der Waals surface area (Å²) in [4.78, 5) is 34.9. The molecule has 0 aromatic rings. The summed E-state index contributed by atoms with van der Waals surface area (Å²) in [5.74, 6) is 0. The summed E-state index contributed by atoms with van der Waals surface area (Å²) in [6, 6.07) is 0. The van der Waals surface area contributed by atoms with Crippen LogP contribution in [-0.4, -0.2) is 57.2 Å². The minimum absolute atomic E-state index is 0.157. The standard InChI is InChI=1S/C6H12O8P2/c7-15(8)13-3-1-11-6-4(14-16(9)10)2-12-5(3)6/h3-10H,1-2H2/t3-,4?,5?,6?/m1/s1. The molecule has 0 aromatic heterocycles. The highest BCUT2D eigenvalue weighted by Gasteiger charge is 2.50. The lowest BCUT2D eigenvalue weighted by atomic mass is 10.1. The Balaban J connectivity index is 1.90. The summed E-state index contributed by atoms with van der Waals surface area (Å²) in [7, 11) is -4.92. The fourth-order valence-corrected chi connectivity index (χ4v) is 2.70. The maximum atomic E-state index is 8.72. The Labute approximate surface area is 93.7 Å². The lowest BCUT2D eigenvalue weighted by Crippen LogP contribution is -2.32. The van der Waals surface area contributed by atoms with Crippen LogP contribution in [0.5, 0.6) is 0 Å². The summed E-state index contributed by atoms with van der Waals surface area (Å²) in [5.41, 5.74) is 0. The van der Waals surface area contributed by atoms with Gasteiger partial charge in [-0.1, -0.05) is 0 Å². The molecule has 2 aliphatic heterocycles. The lowest BCUT2D eigenvalue weighted by Gasteiger charge is -2.17. The van der Waals surface area contributed by atoms with E-state index in [1.54, 1.807) is 0 Å². The number of fused-ring (bicyclic) bond motifs is 1. The predicted molar refractivity (Wildman–Crippen MR) is 51.9 cm³/mol. The second-order valence-electron chi connectivity index (χ2n) is 3.39. The molecule has 16 heavy (non-hydrogen) atoms. The normalized spacial score (nSPS) is 38.6. The molecule has 4 N–H and O–H groups in total. The first-order chi connectivity index (χ1) is 7.58. The van der Waals surface area contributed by atoms with Gasteiger partial charge < -0.3 is 38.1 Å². The van der Waals surface area contributed by atoms with Crippen molar-refractivity contribution < 1.29 is 38.1 Å². The van der Waals surface area contributed by atoms with Crippen LogP contribution in [0.15, 0.2) is 0 Å². The Morgan fingerprint density at radius 2 is 1.19 bits per heavy atom. The minimum atomic E-state index is -2.46. The van der Waals surface area contributed by atoms with Gasteiger partial charge in [-0.05, 0) is 0 Å². The Hall–Kier alpha value is 0.540. The zero-order chi connectivity index (χ0) is 11.7. The van der Waals surface area contributed by atoms with E-state index in [-0.39, 0.29) is 13.2 Å². The highest BCUT2D eigenvalue weighted by atomic mass is 31.2. The Bertz CT molecular complexity index is 215. The van der Waals surface area contributed by atoms with Crippen LogP contribution in [0.25, 0.3) is 0 Å². The smallest absolute Gasteiger partial charge is 0.327 e. The molecule has 8 nitrogen and oxygen atoms in total. The van der Waals surface area contributed by atoms with Crippen LogP contribution in [0.1, 0.15) is 0 Å². The van der Waals surface area contributed by atoms with E-state index < -0.39 is 41.6 Å². The van der Waals surface area contributed by atoms with Crippen molar-refractivity contribution in [1.29, 1.82) is 0 Å². The summed E-state index contributed by atoms with van der Waals surface area (Å²) in [6.07, 6.45) is -2.07. The quantitative estimate of drug-likeness (QED) is 0.481. The van der Waals surface area contributed by atoms with Gasteiger partial charge in [0.15, 0.2) is 0 Å². The molecule has 2 saturated heterocycles. The monoisotopic (exact) mass is 274 g/mol. The third-order valence-corrected chi connectivity index (χ3v) is 3.34. The molecule has 0 saturated carbocycles. The SMILES string of the molecule is OP(O)OC1COC2C1OC[C@H]2OP(O)O. The lowest BCUT2D eigenvalue weighted by molar-refractivity contribution is 0.0115. The van der Waals surface area contributed by atoms with E-state index in [2.05, 4.69) is 0 Å². The predicted octanol–water partition coefficient (Wildman–Crippen LogP) is -1.02. The molecule has 2 rings (SSSR count). The number of hydrogen-bond donors (Lipinski definition) is 4. The molecular weight excluding hydrogens is 262 g/mol. The van der Waals surface area contributed by atoms with Gasteiger partial charge in [0.2, 0.25) is 0 Å². The molecule has 4 atom stereocenters. The van der Waals surface area contributed by atoms with Crippen LogP contribution in [0.4, 0.5) is 0 Å². The van der Waals surface area contributed by atoms with E-state index in [4.69, 9.17) is 38.1 Å². The summed E-state index contributed by atoms with van der Waals surface area (Å²) in [6.45, 7) is 0.313. The number of ether oxygens (including phenoxy) is 2. The molecule has 0 spiro atoms. The number of hydrogen-bond acceptors (Lipinski definition) is 8. The fraction of sp³-hybridized carbons (Fsp3) is 1.00. The van der Waals surface area contributed by atoms with Gasteiger partial charge in [-0.3, -0.25) is 0 Å². The van der Waals surface area contributed by atoms with E-state index in [1.165, 1.54) is 0 Å². The summed E-state index contributed by atoms with van der Waals surface area (Å²) >= 11 is 0. The van der Waals surface area contributed by atoms with Crippen molar-refractivity contribution in [3.8, 4) is 0 Å². The third-order valence-electron chi connectivity index (χ3n) is 2.42. The molecule has 0 aliphatic carbocycles. The van der Waals surface area contributed by atoms with E-state index in [9.17, 15) is 0 Å². The van der Waals surface area contributed by atoms with Crippen LogP contribution in [-0.2, 0) is 18.5 Å². The van der Waals surface area contributed by atoms with E-state index in [1.807, 2.05) is 0 Å². The fourth-order valence-electron chi connectivity index (χ4n) is 1.85. The van der Waals surface area contributed by atoms with Crippen LogP contribution >= 0.6 is 17.2 Å². The zero-order valence-corrected chi connectivity index (χ0v) is 9.83. The molecule has 0 bridgehead atoms. The van der Waals surface area contributed by atoms with E-state index >= 15 is 0 Å². The third kappa shape index (κ3) is 2.86. The van der Waals surface area contributed by atoms with Gasteiger partial charge in [0.1, 0.15) is 24.4 Å². The largest absolute Gasteiger partial charge is 0.370 e. The maximum Gasteiger partial charge on any atom is 0.327 e. The Morgan fingerprint density at radius 1 is 0.812 bits per heavy atom. The van der Waals surface area contributed by atoms with Crippen LogP contribution in [0, 0.1) is 0 Å². The topological polar surface area (TPSA) is 118 Å². The molecule has 2 fully saturated rings. The van der Waals surface area contributed by atoms with Gasteiger partial charge in [0, 0.05) is 0 Å². The molecule has 10 heteroatoms. The first kappa shape index (κ1) is 13.0. The first-order valence-electron chi connectivity index (χ1n) is 4.50. The van der Waals surface area contributed by atoms with Crippen molar-refractivity contribution in [3.63, 3.8) is 0 Å². The van der Waals surface area contributed by atoms with E-state index in [0.29, 0.717) is 0 Å². The molecule has 2 heterocycles. The van der Waals surface area contributed by atoms with Gasteiger partial charge >= 0.3 is 17.2 Å². The molecule has 0 amide bonds. The van der Waals surface area contributed by atoms with Crippen molar-refractivity contribution >= 4 is 17.2 Å². The molecule has 94 valence electrons. The highest BCUT2D eigenvalue weighted by Crippen LogP contribution is 2.40. The van der Waals surface area contributed by atoms with Gasteiger partial charge in [-0.15, -0.1) is 0 Å². The van der Waals surface area contributed by atoms with Gasteiger partial charge in [0.05, 0.1) is 13.2 Å². The minimum Gasteiger partial charge on any atom is -0.370 e. The zero-order valence-electron chi connectivity index (χ0n) is 8.04. The van der Waals surface area contributed by atoms with Crippen LogP contribution in [0.2, 0.25) is 0 Å². The molecule has 0 radical (unpaired) electrons. The Morgan fingerprint density at radius 3 is 1.50 bits per heavy atom. The number of rotatable bonds is 4. The van der Waals surface area contributed by atoms with Gasteiger partial charge in [0.25, 0.3) is 0 Å². The molecule has 3 unspecified atom stereocenters. The van der Waals surface area contributed by atoms with Crippen molar-refractivity contribution in [3.05, 3.63) is 0 Å². The Kier molecular flexibility index (Phi) is 4.43. The molecule has 0 aromatic carbocycles. The average Bonchev–Trinajstić information content (AvgIpc) is 2.70. The average molecular weight is 274 g/mol.